The van der Waals surface area contributed by atoms with Crippen LogP contribution in [0.25, 0.3) is 0 Å². The molecule has 0 aliphatic heterocycles. The summed E-state index contributed by atoms with van der Waals surface area (Å²) in [5.41, 5.74) is 7.24. The van der Waals surface area contributed by atoms with E-state index in [1.165, 1.54) is 11.6 Å². The van der Waals surface area contributed by atoms with E-state index in [1.54, 1.807) is 12.1 Å². The van der Waals surface area contributed by atoms with Crippen molar-refractivity contribution in [1.82, 2.24) is 0 Å². The molecule has 4 heteroatoms. The molecule has 2 nitrogen and oxygen atoms in total. The largest absolute Gasteiger partial charge is 0.396 e. The van der Waals surface area contributed by atoms with Crippen molar-refractivity contribution in [2.75, 3.05) is 5.73 Å². The van der Waals surface area contributed by atoms with Crippen LogP contribution in [-0.4, -0.2) is 4.21 Å². The lowest BCUT2D eigenvalue weighted by Gasteiger charge is -2.19. The number of rotatable bonds is 3. The Bertz CT molecular complexity index is 659. The van der Waals surface area contributed by atoms with Crippen LogP contribution < -0.4 is 5.73 Å². The normalized spacial score (nSPS) is 13.1. The van der Waals surface area contributed by atoms with Gasteiger partial charge in [0.15, 0.2) is 0 Å². The van der Waals surface area contributed by atoms with Crippen LogP contribution in [0.15, 0.2) is 47.4 Å². The summed E-state index contributed by atoms with van der Waals surface area (Å²) < 4.78 is 26.2. The average Bonchev–Trinajstić information content (AvgIpc) is 2.43. The van der Waals surface area contributed by atoms with Crippen LogP contribution in [0.4, 0.5) is 10.1 Å². The predicted molar refractivity (Wildman–Crippen MR) is 86.1 cm³/mol. The van der Waals surface area contributed by atoms with Crippen LogP contribution in [0.5, 0.6) is 0 Å². The molecule has 2 rings (SSSR count). The first-order valence-electron chi connectivity index (χ1n) is 6.81. The van der Waals surface area contributed by atoms with Gasteiger partial charge in [0.2, 0.25) is 0 Å². The number of nitrogens with two attached hydrogens (primary N) is 1. The Kier molecular flexibility index (Phi) is 4.47. The molecule has 2 aromatic carbocycles. The summed E-state index contributed by atoms with van der Waals surface area (Å²) >= 11 is 0. The van der Waals surface area contributed by atoms with Gasteiger partial charge in [0, 0.05) is 10.5 Å². The van der Waals surface area contributed by atoms with Gasteiger partial charge >= 0.3 is 0 Å². The van der Waals surface area contributed by atoms with E-state index in [2.05, 4.69) is 20.8 Å². The van der Waals surface area contributed by atoms with Gasteiger partial charge in [-0.05, 0) is 29.2 Å². The Labute approximate surface area is 127 Å². The second-order valence-corrected chi connectivity index (χ2v) is 7.54. The van der Waals surface area contributed by atoms with E-state index in [4.69, 9.17) is 5.73 Å². The molecular weight excluding hydrogens is 285 g/mol. The standard InChI is InChI=1S/C17H20FNOS/c1-17(2,3)13-7-9-14(10-8-13)21(20)11-12-5-4-6-15(19)16(12)18/h4-10H,11,19H2,1-3H3. The minimum Gasteiger partial charge on any atom is -0.396 e. The number of hydrogen-bond acceptors (Lipinski definition) is 2. The Morgan fingerprint density at radius 3 is 2.29 bits per heavy atom. The van der Waals surface area contributed by atoms with E-state index >= 15 is 0 Å². The SMILES string of the molecule is CC(C)(C)c1ccc(S(=O)Cc2cccc(N)c2F)cc1. The van der Waals surface area contributed by atoms with Crippen molar-refractivity contribution < 1.29 is 8.60 Å². The number of anilines is 1. The highest BCUT2D eigenvalue weighted by Crippen LogP contribution is 2.24. The maximum Gasteiger partial charge on any atom is 0.150 e. The minimum absolute atomic E-state index is 0.0556. The molecule has 0 amide bonds. The Hall–Kier alpha value is -1.68. The number of hydrogen-bond donors (Lipinski definition) is 1. The zero-order valence-corrected chi connectivity index (χ0v) is 13.3. The molecule has 0 aromatic heterocycles. The molecule has 1 atom stereocenters. The van der Waals surface area contributed by atoms with Gasteiger partial charge in [-0.3, -0.25) is 4.21 Å². The van der Waals surface area contributed by atoms with Crippen molar-refractivity contribution >= 4 is 16.5 Å². The molecule has 0 radical (unpaired) electrons. The Balaban J connectivity index is 2.19. The van der Waals surface area contributed by atoms with Crippen LogP contribution in [0.1, 0.15) is 31.9 Å². The molecule has 21 heavy (non-hydrogen) atoms. The maximum atomic E-state index is 13.8. The van der Waals surface area contributed by atoms with E-state index in [-0.39, 0.29) is 16.9 Å². The molecule has 0 aliphatic rings. The van der Waals surface area contributed by atoms with E-state index in [0.717, 1.165) is 0 Å². The molecule has 0 heterocycles. The molecule has 2 aromatic rings. The zero-order chi connectivity index (χ0) is 15.6. The van der Waals surface area contributed by atoms with Gasteiger partial charge in [-0.25, -0.2) is 4.39 Å². The highest BCUT2D eigenvalue weighted by Gasteiger charge is 2.15. The van der Waals surface area contributed by atoms with Gasteiger partial charge in [0.25, 0.3) is 0 Å². The second kappa shape index (κ2) is 5.98. The first-order chi connectivity index (χ1) is 9.79. The third-order valence-corrected chi connectivity index (χ3v) is 4.75. The van der Waals surface area contributed by atoms with Gasteiger partial charge < -0.3 is 5.73 Å². The highest BCUT2D eigenvalue weighted by molar-refractivity contribution is 7.84. The van der Waals surface area contributed by atoms with Gasteiger partial charge in [-0.15, -0.1) is 0 Å². The first kappa shape index (κ1) is 15.7. The van der Waals surface area contributed by atoms with Crippen molar-refractivity contribution in [2.24, 2.45) is 0 Å². The molecule has 2 N–H and O–H groups in total. The summed E-state index contributed by atoms with van der Waals surface area (Å²) in [5, 5.41) is 0. The summed E-state index contributed by atoms with van der Waals surface area (Å²) in [6, 6.07) is 12.4. The van der Waals surface area contributed by atoms with Crippen LogP contribution in [0.3, 0.4) is 0 Å². The third-order valence-electron chi connectivity index (χ3n) is 3.38. The smallest absolute Gasteiger partial charge is 0.150 e. The predicted octanol–water partition coefficient (Wildman–Crippen LogP) is 4.01. The van der Waals surface area contributed by atoms with E-state index in [1.807, 2.05) is 24.3 Å². The van der Waals surface area contributed by atoms with E-state index in [0.29, 0.717) is 10.5 Å². The van der Waals surface area contributed by atoms with E-state index < -0.39 is 16.6 Å². The molecule has 0 bridgehead atoms. The van der Waals surface area contributed by atoms with Gasteiger partial charge in [0.1, 0.15) is 5.82 Å². The summed E-state index contributed by atoms with van der Waals surface area (Å²) in [7, 11) is -1.28. The maximum absolute atomic E-state index is 13.8. The minimum atomic E-state index is -1.28. The van der Waals surface area contributed by atoms with Crippen molar-refractivity contribution in [3.05, 3.63) is 59.4 Å². The van der Waals surface area contributed by atoms with Crippen molar-refractivity contribution in [3.8, 4) is 0 Å². The fourth-order valence-electron chi connectivity index (χ4n) is 2.04. The number of benzene rings is 2. The molecule has 0 aliphatic carbocycles. The van der Waals surface area contributed by atoms with Crippen LogP contribution >= 0.6 is 0 Å². The molecule has 1 unspecified atom stereocenters. The monoisotopic (exact) mass is 305 g/mol. The topological polar surface area (TPSA) is 43.1 Å². The second-order valence-electron chi connectivity index (χ2n) is 6.08. The fraction of sp³-hybridized carbons (Fsp3) is 0.294. The molecule has 0 saturated carbocycles. The Morgan fingerprint density at radius 1 is 1.10 bits per heavy atom. The van der Waals surface area contributed by atoms with E-state index in [9.17, 15) is 8.60 Å². The average molecular weight is 305 g/mol. The number of halogens is 1. The fourth-order valence-corrected chi connectivity index (χ4v) is 3.15. The van der Waals surface area contributed by atoms with Gasteiger partial charge in [-0.2, -0.15) is 0 Å². The van der Waals surface area contributed by atoms with Crippen LogP contribution in [-0.2, 0) is 22.0 Å². The highest BCUT2D eigenvalue weighted by atomic mass is 32.2. The molecule has 0 spiro atoms. The lowest BCUT2D eigenvalue weighted by atomic mass is 9.87. The molecular formula is C17H20FNOS. The van der Waals surface area contributed by atoms with Crippen molar-refractivity contribution in [2.45, 2.75) is 36.8 Å². The van der Waals surface area contributed by atoms with Crippen molar-refractivity contribution in [3.63, 3.8) is 0 Å². The lowest BCUT2D eigenvalue weighted by molar-refractivity contribution is 0.589. The van der Waals surface area contributed by atoms with Crippen molar-refractivity contribution in [1.29, 1.82) is 0 Å². The Morgan fingerprint density at radius 2 is 1.71 bits per heavy atom. The lowest BCUT2D eigenvalue weighted by Crippen LogP contribution is -2.11. The number of nitrogen functional groups attached to an aromatic ring is 1. The quantitative estimate of drug-likeness (QED) is 0.871. The molecule has 0 fully saturated rings. The van der Waals surface area contributed by atoms with Gasteiger partial charge in [-0.1, -0.05) is 45.0 Å². The first-order valence-corrected chi connectivity index (χ1v) is 8.12. The summed E-state index contributed by atoms with van der Waals surface area (Å²) in [6.07, 6.45) is 0. The zero-order valence-electron chi connectivity index (χ0n) is 12.5. The molecule has 0 saturated heterocycles. The third kappa shape index (κ3) is 3.70. The van der Waals surface area contributed by atoms with Crippen LogP contribution in [0, 0.1) is 5.82 Å². The van der Waals surface area contributed by atoms with Gasteiger partial charge in [0.05, 0.1) is 22.2 Å². The summed E-state index contributed by atoms with van der Waals surface area (Å²) in [5.74, 6) is -0.344. The molecule has 112 valence electrons. The van der Waals surface area contributed by atoms with Crippen LogP contribution in [0.2, 0.25) is 0 Å². The summed E-state index contributed by atoms with van der Waals surface area (Å²) in [4.78, 5) is 0.699. The summed E-state index contributed by atoms with van der Waals surface area (Å²) in [6.45, 7) is 6.38.